The van der Waals surface area contributed by atoms with Crippen molar-refractivity contribution in [3.63, 3.8) is 0 Å². The van der Waals surface area contributed by atoms with E-state index in [1.54, 1.807) is 24.7 Å². The fourth-order valence-corrected chi connectivity index (χ4v) is 3.59. The van der Waals surface area contributed by atoms with E-state index in [1.807, 2.05) is 27.1 Å². The van der Waals surface area contributed by atoms with Crippen LogP contribution in [0.25, 0.3) is 0 Å². The lowest BCUT2D eigenvalue weighted by molar-refractivity contribution is 0.0912. The van der Waals surface area contributed by atoms with Gasteiger partial charge in [-0.05, 0) is 52.0 Å². The topological polar surface area (TPSA) is 93.1 Å². The summed E-state index contributed by atoms with van der Waals surface area (Å²) in [5.74, 6) is -0.283. The monoisotopic (exact) mass is 364 g/mol. The van der Waals surface area contributed by atoms with Crippen molar-refractivity contribution in [2.24, 2.45) is 7.05 Å². The summed E-state index contributed by atoms with van der Waals surface area (Å²) in [6, 6.07) is 5.66. The van der Waals surface area contributed by atoms with E-state index in [0.29, 0.717) is 5.56 Å². The molecule has 1 aromatic carbocycles. The molecule has 1 aromatic heterocycles. The van der Waals surface area contributed by atoms with Crippen molar-refractivity contribution in [3.8, 4) is 0 Å². The van der Waals surface area contributed by atoms with E-state index >= 15 is 0 Å². The predicted molar refractivity (Wildman–Crippen MR) is 95.6 cm³/mol. The summed E-state index contributed by atoms with van der Waals surface area (Å²) >= 11 is 0. The fraction of sp³-hybridized carbons (Fsp3) is 0.412. The van der Waals surface area contributed by atoms with Crippen LogP contribution in [-0.2, 0) is 22.6 Å². The lowest BCUT2D eigenvalue weighted by atomic mass is 9.97. The summed E-state index contributed by atoms with van der Waals surface area (Å²) in [4.78, 5) is 12.6. The Balaban J connectivity index is 2.15. The van der Waals surface area contributed by atoms with E-state index in [0.717, 1.165) is 5.56 Å². The fourth-order valence-electron chi connectivity index (χ4n) is 2.34. The van der Waals surface area contributed by atoms with Crippen molar-refractivity contribution in [1.29, 1.82) is 0 Å². The van der Waals surface area contributed by atoms with E-state index in [-0.39, 0.29) is 16.8 Å². The molecule has 0 bridgehead atoms. The molecule has 2 aromatic rings. The summed E-state index contributed by atoms with van der Waals surface area (Å²) in [5.41, 5.74) is 0.666. The molecule has 0 aliphatic carbocycles. The van der Waals surface area contributed by atoms with Crippen molar-refractivity contribution in [2.75, 3.05) is 0 Å². The Morgan fingerprint density at radius 1 is 1.20 bits per heavy atom. The molecule has 8 heteroatoms. The Kier molecular flexibility index (Phi) is 5.34. The molecule has 2 N–H and O–H groups in total. The zero-order valence-electron chi connectivity index (χ0n) is 15.1. The van der Waals surface area contributed by atoms with E-state index in [4.69, 9.17) is 0 Å². The van der Waals surface area contributed by atoms with Gasteiger partial charge in [0.05, 0.1) is 16.6 Å². The molecule has 1 amide bonds. The van der Waals surface area contributed by atoms with Gasteiger partial charge in [-0.3, -0.25) is 9.48 Å². The molecule has 0 unspecified atom stereocenters. The molecule has 1 heterocycles. The van der Waals surface area contributed by atoms with Crippen molar-refractivity contribution < 1.29 is 13.2 Å². The molecule has 0 radical (unpaired) electrons. The third kappa shape index (κ3) is 4.67. The number of aryl methyl sites for hydroxylation is 1. The molecule has 136 valence electrons. The minimum absolute atomic E-state index is 0.129. The average molecular weight is 364 g/mol. The Morgan fingerprint density at radius 3 is 2.28 bits per heavy atom. The van der Waals surface area contributed by atoms with Crippen LogP contribution in [0.5, 0.6) is 0 Å². The predicted octanol–water partition coefficient (Wildman–Crippen LogP) is 1.77. The van der Waals surface area contributed by atoms with Gasteiger partial charge in [-0.2, -0.15) is 5.10 Å². The molecule has 0 saturated carbocycles. The summed E-state index contributed by atoms with van der Waals surface area (Å²) in [5, 5.41) is 7.05. The molecule has 0 spiro atoms. The minimum atomic E-state index is -3.57. The second-order valence-corrected chi connectivity index (χ2v) is 8.50. The van der Waals surface area contributed by atoms with Crippen molar-refractivity contribution in [3.05, 3.63) is 47.8 Å². The van der Waals surface area contributed by atoms with Crippen LogP contribution in [0.15, 0.2) is 41.6 Å². The van der Waals surface area contributed by atoms with Crippen LogP contribution in [0, 0.1) is 0 Å². The van der Waals surface area contributed by atoms with Gasteiger partial charge in [-0.25, -0.2) is 13.1 Å². The number of carbonyl (C=O) groups excluding carboxylic acids is 1. The number of carbonyl (C=O) groups is 1. The number of nitrogens with zero attached hydrogens (tertiary/aromatic N) is 2. The zero-order chi connectivity index (χ0) is 18.8. The van der Waals surface area contributed by atoms with Gasteiger partial charge in [-0.1, -0.05) is 0 Å². The largest absolute Gasteiger partial charge is 0.343 e. The molecule has 25 heavy (non-hydrogen) atoms. The standard InChI is InChI=1S/C17H24N4O3S/c1-12(2)20-25(23,24)15-8-6-13(7-9-15)16(22)19-17(3,4)14-10-18-21(5)11-14/h6-12,20H,1-5H3,(H,19,22). The molecule has 0 saturated heterocycles. The number of rotatable bonds is 6. The van der Waals surface area contributed by atoms with Crippen molar-refractivity contribution >= 4 is 15.9 Å². The SMILES string of the molecule is CC(C)NS(=O)(=O)c1ccc(C(=O)NC(C)(C)c2cnn(C)c2)cc1. The van der Waals surface area contributed by atoms with Gasteiger partial charge in [-0.15, -0.1) is 0 Å². The quantitative estimate of drug-likeness (QED) is 0.817. The van der Waals surface area contributed by atoms with Crippen molar-refractivity contribution in [2.45, 2.75) is 44.2 Å². The number of hydrogen-bond donors (Lipinski definition) is 2. The lowest BCUT2D eigenvalue weighted by Gasteiger charge is -2.25. The number of nitrogens with one attached hydrogen (secondary N) is 2. The Labute approximate surface area is 148 Å². The second-order valence-electron chi connectivity index (χ2n) is 6.78. The van der Waals surface area contributed by atoms with E-state index < -0.39 is 15.6 Å². The van der Waals surface area contributed by atoms with Crippen LogP contribution in [0.4, 0.5) is 0 Å². The van der Waals surface area contributed by atoms with Crippen molar-refractivity contribution in [1.82, 2.24) is 19.8 Å². The highest BCUT2D eigenvalue weighted by molar-refractivity contribution is 7.89. The van der Waals surface area contributed by atoms with Crippen LogP contribution in [0.2, 0.25) is 0 Å². The summed E-state index contributed by atoms with van der Waals surface area (Å²) in [6.07, 6.45) is 3.54. The molecule has 0 fully saturated rings. The number of benzene rings is 1. The highest BCUT2D eigenvalue weighted by Crippen LogP contribution is 2.20. The molecule has 0 aliphatic rings. The molecule has 0 aliphatic heterocycles. The van der Waals surface area contributed by atoms with Crippen LogP contribution >= 0.6 is 0 Å². The first kappa shape index (κ1) is 19.1. The van der Waals surface area contributed by atoms with Gasteiger partial charge in [0, 0.05) is 30.4 Å². The molecular weight excluding hydrogens is 340 g/mol. The first-order valence-corrected chi connectivity index (χ1v) is 9.43. The first-order valence-electron chi connectivity index (χ1n) is 7.95. The number of aromatic nitrogens is 2. The Hall–Kier alpha value is -2.19. The molecule has 2 rings (SSSR count). The van der Waals surface area contributed by atoms with E-state index in [9.17, 15) is 13.2 Å². The van der Waals surface area contributed by atoms with Gasteiger partial charge in [0.15, 0.2) is 0 Å². The minimum Gasteiger partial charge on any atom is -0.343 e. The van der Waals surface area contributed by atoms with Gasteiger partial charge < -0.3 is 5.32 Å². The summed E-state index contributed by atoms with van der Waals surface area (Å²) < 4.78 is 28.4. The highest BCUT2D eigenvalue weighted by Gasteiger charge is 2.25. The van der Waals surface area contributed by atoms with Crippen LogP contribution in [0.1, 0.15) is 43.6 Å². The third-order valence-electron chi connectivity index (χ3n) is 3.67. The van der Waals surface area contributed by atoms with E-state index in [2.05, 4.69) is 15.1 Å². The van der Waals surface area contributed by atoms with Gasteiger partial charge in [0.1, 0.15) is 0 Å². The first-order chi connectivity index (χ1) is 11.5. The number of sulfonamides is 1. The second kappa shape index (κ2) is 6.97. The molecule has 7 nitrogen and oxygen atoms in total. The maximum Gasteiger partial charge on any atom is 0.251 e. The third-order valence-corrected chi connectivity index (χ3v) is 5.34. The molecular formula is C17H24N4O3S. The normalized spacial score (nSPS) is 12.4. The number of hydrogen-bond acceptors (Lipinski definition) is 4. The van der Waals surface area contributed by atoms with Crippen LogP contribution in [0.3, 0.4) is 0 Å². The van der Waals surface area contributed by atoms with Gasteiger partial charge in [0.2, 0.25) is 10.0 Å². The summed E-state index contributed by atoms with van der Waals surface area (Å²) in [7, 11) is -1.76. The Morgan fingerprint density at radius 2 is 1.80 bits per heavy atom. The summed E-state index contributed by atoms with van der Waals surface area (Å²) in [6.45, 7) is 7.26. The lowest BCUT2D eigenvalue weighted by Crippen LogP contribution is -2.40. The maximum absolute atomic E-state index is 12.5. The zero-order valence-corrected chi connectivity index (χ0v) is 15.9. The smallest absolute Gasteiger partial charge is 0.251 e. The van der Waals surface area contributed by atoms with Gasteiger partial charge in [0.25, 0.3) is 5.91 Å². The average Bonchev–Trinajstić information content (AvgIpc) is 2.93. The highest BCUT2D eigenvalue weighted by atomic mass is 32.2. The van der Waals surface area contributed by atoms with Gasteiger partial charge >= 0.3 is 0 Å². The van der Waals surface area contributed by atoms with Crippen LogP contribution in [-0.4, -0.2) is 30.1 Å². The van der Waals surface area contributed by atoms with Crippen LogP contribution < -0.4 is 10.0 Å². The number of amides is 1. The van der Waals surface area contributed by atoms with E-state index in [1.165, 1.54) is 24.3 Å². The molecule has 0 atom stereocenters. The maximum atomic E-state index is 12.5. The Bertz CT molecular complexity index is 852.